The number of benzene rings is 1. The summed E-state index contributed by atoms with van der Waals surface area (Å²) in [5.41, 5.74) is 0.0948. The van der Waals surface area contributed by atoms with E-state index in [-0.39, 0.29) is 18.8 Å². The third kappa shape index (κ3) is 5.62. The first kappa shape index (κ1) is 23.0. The smallest absolute Gasteiger partial charge is 0.341 e. The Bertz CT molecular complexity index is 1120. The molecule has 0 aliphatic heterocycles. The second kappa shape index (κ2) is 9.77. The topological polar surface area (TPSA) is 81.9 Å². The minimum Gasteiger partial charge on any atom is -0.341 e. The first-order chi connectivity index (χ1) is 15.8. The molecule has 1 aliphatic rings. The van der Waals surface area contributed by atoms with Gasteiger partial charge in [0.15, 0.2) is 0 Å². The van der Waals surface area contributed by atoms with E-state index in [0.29, 0.717) is 29.2 Å². The zero-order chi connectivity index (χ0) is 23.5. The predicted molar refractivity (Wildman–Crippen MR) is 106 cm³/mol. The number of carbonyl (C=O) groups excluding carboxylic acids is 1. The third-order valence-electron chi connectivity index (χ3n) is 5.31. The van der Waals surface area contributed by atoms with E-state index in [0.717, 1.165) is 25.2 Å². The molecule has 12 heteroatoms. The van der Waals surface area contributed by atoms with E-state index in [9.17, 15) is 26.7 Å². The Morgan fingerprint density at radius 1 is 1.18 bits per heavy atom. The summed E-state index contributed by atoms with van der Waals surface area (Å²) in [6, 6.07) is 3.28. The average molecular weight is 469 g/mol. The highest BCUT2D eigenvalue weighted by molar-refractivity contribution is 5.92. The molecule has 2 heterocycles. The lowest BCUT2D eigenvalue weighted by Gasteiger charge is -2.20. The molecule has 1 amide bonds. The first-order valence-electron chi connectivity index (χ1n) is 10.3. The fourth-order valence-corrected chi connectivity index (χ4v) is 3.57. The van der Waals surface area contributed by atoms with Gasteiger partial charge < -0.3 is 14.6 Å². The van der Waals surface area contributed by atoms with Gasteiger partial charge >= 0.3 is 6.61 Å². The Hall–Kier alpha value is -3.15. The van der Waals surface area contributed by atoms with Crippen molar-refractivity contribution in [2.75, 3.05) is 6.61 Å². The number of aromatic nitrogens is 4. The molecule has 2 aromatic heterocycles. The van der Waals surface area contributed by atoms with Crippen LogP contribution in [0, 0.1) is 11.7 Å². The van der Waals surface area contributed by atoms with Crippen molar-refractivity contribution in [2.24, 2.45) is 5.92 Å². The van der Waals surface area contributed by atoms with Gasteiger partial charge in [-0.1, -0.05) is 12.8 Å². The summed E-state index contributed by atoms with van der Waals surface area (Å²) in [6.45, 7) is -3.27. The number of nitrogens with one attached hydrogen (secondary N) is 1. The number of nitrogens with zero attached hydrogens (tertiary/aromatic N) is 4. The van der Waals surface area contributed by atoms with Gasteiger partial charge in [0.2, 0.25) is 0 Å². The van der Waals surface area contributed by atoms with E-state index in [2.05, 4.69) is 25.0 Å². The molecule has 3 aromatic rings. The van der Waals surface area contributed by atoms with Crippen LogP contribution in [-0.4, -0.2) is 38.6 Å². The highest BCUT2D eigenvalue weighted by atomic mass is 19.3. The molecule has 0 spiro atoms. The van der Waals surface area contributed by atoms with Gasteiger partial charge in [0, 0.05) is 12.6 Å². The average Bonchev–Trinajstić information content (AvgIpc) is 3.53. The fourth-order valence-electron chi connectivity index (χ4n) is 3.57. The molecular weight excluding hydrogens is 449 g/mol. The van der Waals surface area contributed by atoms with E-state index < -0.39 is 36.5 Å². The van der Waals surface area contributed by atoms with Crippen molar-refractivity contribution in [1.82, 2.24) is 24.8 Å². The highest BCUT2D eigenvalue weighted by Crippen LogP contribution is 2.38. The number of halogens is 5. The van der Waals surface area contributed by atoms with Crippen LogP contribution in [0.5, 0.6) is 0 Å². The molecule has 33 heavy (non-hydrogen) atoms. The van der Waals surface area contributed by atoms with Gasteiger partial charge in [-0.3, -0.25) is 9.78 Å². The number of rotatable bonds is 10. The summed E-state index contributed by atoms with van der Waals surface area (Å²) >= 11 is 0. The second-order valence-corrected chi connectivity index (χ2v) is 7.72. The summed E-state index contributed by atoms with van der Waals surface area (Å²) < 4.78 is 70.2. The zero-order valence-electron chi connectivity index (χ0n) is 17.2. The molecule has 1 aromatic carbocycles. The molecule has 0 saturated heterocycles. The van der Waals surface area contributed by atoms with Gasteiger partial charge in [-0.15, -0.1) is 0 Å². The number of amides is 1. The molecule has 1 fully saturated rings. The Balaban J connectivity index is 1.64. The van der Waals surface area contributed by atoms with Gasteiger partial charge in [-0.25, -0.2) is 23.1 Å². The van der Waals surface area contributed by atoms with Crippen LogP contribution in [0.3, 0.4) is 0 Å². The standard InChI is InChI=1S/C21H20F5N5O2/c22-12-3-4-17-13(8-12)29-19(31(17)5-6-33-21(25)26)14(7-11-1-2-11)30-20(32)16-10-27-15(9-28-16)18(23)24/h3-4,8-11,14,18,21H,1-2,5-7H2,(H,30,32)/t14-/m0/s1. The fraction of sp³-hybridized carbons (Fsp3) is 0.429. The summed E-state index contributed by atoms with van der Waals surface area (Å²) in [4.78, 5) is 24.5. The highest BCUT2D eigenvalue weighted by Gasteiger charge is 2.31. The quantitative estimate of drug-likeness (QED) is 0.445. The molecule has 4 rings (SSSR count). The number of carbonyl (C=O) groups is 1. The predicted octanol–water partition coefficient (Wildman–Crippen LogP) is 4.41. The molecule has 0 unspecified atom stereocenters. The van der Waals surface area contributed by atoms with Crippen molar-refractivity contribution >= 4 is 16.9 Å². The third-order valence-corrected chi connectivity index (χ3v) is 5.31. The maximum Gasteiger partial charge on any atom is 0.345 e. The number of alkyl halides is 4. The molecule has 1 aliphatic carbocycles. The van der Waals surface area contributed by atoms with Crippen molar-refractivity contribution < 1.29 is 31.5 Å². The van der Waals surface area contributed by atoms with Crippen LogP contribution < -0.4 is 5.32 Å². The van der Waals surface area contributed by atoms with Crippen LogP contribution in [0.1, 0.15) is 53.7 Å². The van der Waals surface area contributed by atoms with Crippen LogP contribution in [0.4, 0.5) is 22.0 Å². The molecule has 7 nitrogen and oxygen atoms in total. The zero-order valence-corrected chi connectivity index (χ0v) is 17.2. The second-order valence-electron chi connectivity index (χ2n) is 7.72. The molecular formula is C21H20F5N5O2. The normalized spacial score (nSPS) is 14.9. The minimum absolute atomic E-state index is 0.00172. The molecule has 1 saturated carbocycles. The van der Waals surface area contributed by atoms with Gasteiger partial charge in [-0.2, -0.15) is 8.78 Å². The van der Waals surface area contributed by atoms with Crippen molar-refractivity contribution in [3.05, 3.63) is 53.6 Å². The summed E-state index contributed by atoms with van der Waals surface area (Å²) in [7, 11) is 0. The molecule has 1 N–H and O–H groups in total. The monoisotopic (exact) mass is 469 g/mol. The maximum atomic E-state index is 13.8. The summed E-state index contributed by atoms with van der Waals surface area (Å²) in [6.07, 6.45) is 1.40. The Morgan fingerprint density at radius 3 is 2.61 bits per heavy atom. The first-order valence-corrected chi connectivity index (χ1v) is 10.3. The van der Waals surface area contributed by atoms with E-state index in [1.807, 2.05) is 0 Å². The van der Waals surface area contributed by atoms with Crippen LogP contribution >= 0.6 is 0 Å². The lowest BCUT2D eigenvalue weighted by molar-refractivity contribution is -0.130. The van der Waals surface area contributed by atoms with Gasteiger partial charge in [0.1, 0.15) is 23.0 Å². The lowest BCUT2D eigenvalue weighted by atomic mass is 10.1. The van der Waals surface area contributed by atoms with Crippen LogP contribution in [0.25, 0.3) is 11.0 Å². The van der Waals surface area contributed by atoms with Crippen molar-refractivity contribution in [1.29, 1.82) is 0 Å². The number of fused-ring (bicyclic) bond motifs is 1. The largest absolute Gasteiger partial charge is 0.345 e. The van der Waals surface area contributed by atoms with Crippen molar-refractivity contribution in [3.8, 4) is 0 Å². The SMILES string of the molecule is O=C(N[C@@H](CC1CC1)c1nc2cc(F)ccc2n1CCOC(F)F)c1cnc(C(F)F)cn1. The van der Waals surface area contributed by atoms with Crippen molar-refractivity contribution in [2.45, 2.75) is 44.9 Å². The van der Waals surface area contributed by atoms with Crippen LogP contribution in [0.15, 0.2) is 30.6 Å². The van der Waals surface area contributed by atoms with E-state index in [4.69, 9.17) is 0 Å². The Labute approximate surface area is 185 Å². The molecule has 1 atom stereocenters. The molecule has 0 radical (unpaired) electrons. The molecule has 0 bridgehead atoms. The number of ether oxygens (including phenoxy) is 1. The van der Waals surface area contributed by atoms with E-state index in [1.165, 1.54) is 18.2 Å². The minimum atomic E-state index is -2.95. The summed E-state index contributed by atoms with van der Waals surface area (Å²) in [5.74, 6) is -0.488. The van der Waals surface area contributed by atoms with Crippen molar-refractivity contribution in [3.63, 3.8) is 0 Å². The number of hydrogen-bond donors (Lipinski definition) is 1. The Kier molecular flexibility index (Phi) is 6.82. The van der Waals surface area contributed by atoms with Gasteiger partial charge in [0.05, 0.1) is 36.1 Å². The van der Waals surface area contributed by atoms with E-state index in [1.54, 1.807) is 4.57 Å². The lowest BCUT2D eigenvalue weighted by Crippen LogP contribution is -2.32. The van der Waals surface area contributed by atoms with Crippen LogP contribution in [-0.2, 0) is 11.3 Å². The maximum absolute atomic E-state index is 13.8. The van der Waals surface area contributed by atoms with Gasteiger partial charge in [-0.05, 0) is 24.5 Å². The molecule has 176 valence electrons. The van der Waals surface area contributed by atoms with Crippen LogP contribution in [0.2, 0.25) is 0 Å². The van der Waals surface area contributed by atoms with Gasteiger partial charge in [0.25, 0.3) is 12.3 Å². The Morgan fingerprint density at radius 2 is 1.97 bits per heavy atom. The number of imidazole rings is 1. The van der Waals surface area contributed by atoms with E-state index >= 15 is 0 Å². The number of hydrogen-bond acceptors (Lipinski definition) is 5. The summed E-state index contributed by atoms with van der Waals surface area (Å²) in [5, 5.41) is 2.79.